The molecular weight excluding hydrogens is 340 g/mol. The predicted octanol–water partition coefficient (Wildman–Crippen LogP) is 0.688. The molecule has 0 fully saturated rings. The van der Waals surface area contributed by atoms with E-state index in [-0.39, 0.29) is 22.6 Å². The number of rotatable bonds is 7. The van der Waals surface area contributed by atoms with Crippen molar-refractivity contribution in [3.63, 3.8) is 0 Å². The number of halogens is 1. The third-order valence-corrected chi connectivity index (χ3v) is 3.84. The normalized spacial score (nSPS) is 11.6. The molecule has 2 aromatic rings. The van der Waals surface area contributed by atoms with Crippen molar-refractivity contribution in [2.24, 2.45) is 0 Å². The minimum absolute atomic E-state index is 0.0233. The van der Waals surface area contributed by atoms with Gasteiger partial charge in [-0.3, -0.25) is 9.59 Å². The lowest BCUT2D eigenvalue weighted by molar-refractivity contribution is 0.0940. The number of nitrogens with one attached hydrogen (secondary N) is 1. The zero-order chi connectivity index (χ0) is 19.3. The maximum absolute atomic E-state index is 13.5. The minimum Gasteiger partial charge on any atom is -0.497 e. The first-order valence-electron chi connectivity index (χ1n) is 7.93. The third-order valence-electron chi connectivity index (χ3n) is 3.84. The number of ether oxygens (including phenoxy) is 1. The molecule has 1 atom stereocenters. The highest BCUT2D eigenvalue weighted by molar-refractivity contribution is 6.60. The number of hydrogen-bond donors (Lipinski definition) is 3. The Morgan fingerprint density at radius 2 is 2.04 bits per heavy atom. The van der Waals surface area contributed by atoms with Gasteiger partial charge in [0.15, 0.2) is 0 Å². The van der Waals surface area contributed by atoms with E-state index in [1.165, 1.54) is 37.4 Å². The largest absolute Gasteiger partial charge is 0.497 e. The van der Waals surface area contributed by atoms with Crippen LogP contribution < -0.4 is 15.5 Å². The Labute approximate surface area is 150 Å². The van der Waals surface area contributed by atoms with Crippen molar-refractivity contribution >= 4 is 24.8 Å². The van der Waals surface area contributed by atoms with Gasteiger partial charge >= 0.3 is 7.12 Å². The van der Waals surface area contributed by atoms with Gasteiger partial charge in [-0.25, -0.2) is 4.39 Å². The van der Waals surface area contributed by atoms with Gasteiger partial charge in [-0.2, -0.15) is 0 Å². The summed E-state index contributed by atoms with van der Waals surface area (Å²) < 4.78 is 18.6. The SMILES string of the molecule is COc1cc(F)cc(CC(C)NC(=O)c2ccc(B(O)O)c(C=O)c2)c1. The Bertz CT molecular complexity index is 812. The molecule has 2 rings (SSSR count). The van der Waals surface area contributed by atoms with E-state index in [2.05, 4.69) is 5.32 Å². The molecular formula is C18H19BFNO5. The van der Waals surface area contributed by atoms with E-state index in [1.54, 1.807) is 13.0 Å². The number of benzene rings is 2. The number of amides is 1. The molecule has 1 unspecified atom stereocenters. The van der Waals surface area contributed by atoms with E-state index in [1.807, 2.05) is 0 Å². The van der Waals surface area contributed by atoms with Gasteiger partial charge in [0.1, 0.15) is 17.9 Å². The molecule has 0 aliphatic heterocycles. The van der Waals surface area contributed by atoms with Gasteiger partial charge in [0.2, 0.25) is 0 Å². The summed E-state index contributed by atoms with van der Waals surface area (Å²) in [4.78, 5) is 23.4. The smallest absolute Gasteiger partial charge is 0.489 e. The highest BCUT2D eigenvalue weighted by Gasteiger charge is 2.18. The van der Waals surface area contributed by atoms with Crippen LogP contribution in [0.4, 0.5) is 4.39 Å². The average Bonchev–Trinajstić information content (AvgIpc) is 2.60. The molecule has 0 saturated heterocycles. The fourth-order valence-corrected chi connectivity index (χ4v) is 2.62. The first kappa shape index (κ1) is 19.6. The van der Waals surface area contributed by atoms with Crippen molar-refractivity contribution in [2.45, 2.75) is 19.4 Å². The van der Waals surface area contributed by atoms with Crippen molar-refractivity contribution in [1.82, 2.24) is 5.32 Å². The van der Waals surface area contributed by atoms with Gasteiger partial charge in [-0.05, 0) is 48.6 Å². The van der Waals surface area contributed by atoms with E-state index < -0.39 is 18.8 Å². The summed E-state index contributed by atoms with van der Waals surface area (Å²) >= 11 is 0. The first-order chi connectivity index (χ1) is 12.3. The topological polar surface area (TPSA) is 95.9 Å². The monoisotopic (exact) mass is 359 g/mol. The van der Waals surface area contributed by atoms with E-state index in [4.69, 9.17) is 4.74 Å². The molecule has 6 nitrogen and oxygen atoms in total. The molecule has 0 radical (unpaired) electrons. The van der Waals surface area contributed by atoms with E-state index in [9.17, 15) is 24.0 Å². The van der Waals surface area contributed by atoms with Crippen molar-refractivity contribution in [3.8, 4) is 5.75 Å². The summed E-state index contributed by atoms with van der Waals surface area (Å²) in [6.07, 6.45) is 0.835. The molecule has 1 amide bonds. The minimum atomic E-state index is -1.80. The molecule has 0 spiro atoms. The maximum atomic E-state index is 13.5. The Kier molecular flexibility index (Phi) is 6.49. The lowest BCUT2D eigenvalue weighted by Gasteiger charge is -2.15. The highest BCUT2D eigenvalue weighted by Crippen LogP contribution is 2.17. The van der Waals surface area contributed by atoms with Crippen molar-refractivity contribution < 1.29 is 28.8 Å². The van der Waals surface area contributed by atoms with Crippen molar-refractivity contribution in [2.75, 3.05) is 7.11 Å². The van der Waals surface area contributed by atoms with E-state index >= 15 is 0 Å². The molecule has 2 aromatic carbocycles. The molecule has 0 aliphatic carbocycles. The van der Waals surface area contributed by atoms with Crippen LogP contribution >= 0.6 is 0 Å². The molecule has 0 saturated carbocycles. The van der Waals surface area contributed by atoms with Crippen LogP contribution in [0.3, 0.4) is 0 Å². The van der Waals surface area contributed by atoms with Gasteiger partial charge in [-0.15, -0.1) is 0 Å². The average molecular weight is 359 g/mol. The van der Waals surface area contributed by atoms with Gasteiger partial charge in [0, 0.05) is 23.2 Å². The molecule has 0 bridgehead atoms. The zero-order valence-electron chi connectivity index (χ0n) is 14.4. The fourth-order valence-electron chi connectivity index (χ4n) is 2.62. The Morgan fingerprint density at radius 3 is 2.65 bits per heavy atom. The Morgan fingerprint density at radius 1 is 1.31 bits per heavy atom. The van der Waals surface area contributed by atoms with Gasteiger partial charge in [0.05, 0.1) is 7.11 Å². The molecule has 26 heavy (non-hydrogen) atoms. The highest BCUT2D eigenvalue weighted by atomic mass is 19.1. The summed E-state index contributed by atoms with van der Waals surface area (Å²) in [6.45, 7) is 1.77. The van der Waals surface area contributed by atoms with Crippen molar-refractivity contribution in [3.05, 3.63) is 58.9 Å². The molecule has 0 aliphatic rings. The second-order valence-corrected chi connectivity index (χ2v) is 5.91. The quantitative estimate of drug-likeness (QED) is 0.499. The Balaban J connectivity index is 2.09. The molecule has 3 N–H and O–H groups in total. The summed E-state index contributed by atoms with van der Waals surface area (Å²) in [5.74, 6) is -0.457. The lowest BCUT2D eigenvalue weighted by Crippen LogP contribution is -2.36. The van der Waals surface area contributed by atoms with Crippen molar-refractivity contribution in [1.29, 1.82) is 0 Å². The summed E-state index contributed by atoms with van der Waals surface area (Å²) in [7, 11) is -0.351. The van der Waals surface area contributed by atoms with Crippen LogP contribution in [-0.4, -0.2) is 42.5 Å². The second-order valence-electron chi connectivity index (χ2n) is 5.91. The number of methoxy groups -OCH3 is 1. The number of carbonyl (C=O) groups excluding carboxylic acids is 2. The second kappa shape index (κ2) is 8.60. The number of hydrogen-bond acceptors (Lipinski definition) is 5. The van der Waals surface area contributed by atoms with Crippen LogP contribution in [-0.2, 0) is 6.42 Å². The van der Waals surface area contributed by atoms with Crippen LogP contribution in [0.2, 0.25) is 0 Å². The van der Waals surface area contributed by atoms with Crippen LogP contribution in [0, 0.1) is 5.82 Å². The maximum Gasteiger partial charge on any atom is 0.489 e. The lowest BCUT2D eigenvalue weighted by atomic mass is 9.77. The summed E-state index contributed by atoms with van der Waals surface area (Å²) in [5.41, 5.74) is 0.925. The third kappa shape index (κ3) is 4.90. The number of aldehydes is 1. The Hall–Kier alpha value is -2.71. The van der Waals surface area contributed by atoms with Crippen LogP contribution in [0.5, 0.6) is 5.75 Å². The molecule has 0 aromatic heterocycles. The van der Waals surface area contributed by atoms with Crippen LogP contribution in [0.1, 0.15) is 33.2 Å². The first-order valence-corrected chi connectivity index (χ1v) is 7.93. The van der Waals surface area contributed by atoms with Crippen LogP contribution in [0.15, 0.2) is 36.4 Å². The van der Waals surface area contributed by atoms with Gasteiger partial charge in [0.25, 0.3) is 5.91 Å². The predicted molar refractivity (Wildman–Crippen MR) is 95.2 cm³/mol. The van der Waals surface area contributed by atoms with Crippen LogP contribution in [0.25, 0.3) is 0 Å². The van der Waals surface area contributed by atoms with E-state index in [0.717, 1.165) is 0 Å². The zero-order valence-corrected chi connectivity index (χ0v) is 14.4. The standard InChI is InChI=1S/C18H19BFNO5/c1-11(5-12-6-15(20)9-16(7-12)26-2)21-18(23)13-3-4-17(19(24)25)14(8-13)10-22/h3-4,6-11,24-25H,5H2,1-2H3,(H,21,23). The van der Waals surface area contributed by atoms with Gasteiger partial charge < -0.3 is 20.1 Å². The van der Waals surface area contributed by atoms with E-state index in [0.29, 0.717) is 24.0 Å². The summed E-state index contributed by atoms with van der Waals surface area (Å²) in [6, 6.07) is 8.01. The number of carbonyl (C=O) groups is 2. The molecule has 8 heteroatoms. The molecule has 136 valence electrons. The molecule has 0 heterocycles. The fraction of sp³-hybridized carbons (Fsp3) is 0.222. The summed E-state index contributed by atoms with van der Waals surface area (Å²) in [5, 5.41) is 21.1. The van der Waals surface area contributed by atoms with Gasteiger partial charge in [-0.1, -0.05) is 6.07 Å².